The van der Waals surface area contributed by atoms with Crippen molar-refractivity contribution in [2.45, 2.75) is 64.8 Å². The van der Waals surface area contributed by atoms with Crippen LogP contribution in [0.25, 0.3) is 0 Å². The number of amides is 2. The first kappa shape index (κ1) is 20.4. The Morgan fingerprint density at radius 2 is 1.69 bits per heavy atom. The molecule has 1 aliphatic rings. The van der Waals surface area contributed by atoms with Crippen LogP contribution >= 0.6 is 0 Å². The fourth-order valence-corrected chi connectivity index (χ4v) is 3.16. The smallest absolute Gasteiger partial charge is 0.244 e. The fourth-order valence-electron chi connectivity index (χ4n) is 3.16. The van der Waals surface area contributed by atoms with Crippen LogP contribution < -0.4 is 11.1 Å². The topological polar surface area (TPSA) is 75.4 Å². The van der Waals surface area contributed by atoms with Crippen LogP contribution in [0, 0.1) is 5.92 Å². The number of nitrogens with two attached hydrogens (primary N) is 1. The van der Waals surface area contributed by atoms with Gasteiger partial charge in [-0.15, -0.1) is 0 Å². The molecule has 0 atom stereocenters. The van der Waals surface area contributed by atoms with Gasteiger partial charge in [0.25, 0.3) is 0 Å². The molecule has 2 rings (SSSR count). The molecular formula is C21H33N3O2. The monoisotopic (exact) mass is 359 g/mol. The molecule has 0 aromatic heterocycles. The van der Waals surface area contributed by atoms with E-state index in [2.05, 4.69) is 33.0 Å². The summed E-state index contributed by atoms with van der Waals surface area (Å²) in [6.45, 7) is 9.61. The largest absolute Gasteiger partial charge is 0.343 e. The molecule has 3 N–H and O–H groups in total. The summed E-state index contributed by atoms with van der Waals surface area (Å²) in [5.41, 5.74) is 7.45. The van der Waals surface area contributed by atoms with E-state index in [9.17, 15) is 9.59 Å². The van der Waals surface area contributed by atoms with E-state index in [-0.39, 0.29) is 11.8 Å². The lowest BCUT2D eigenvalue weighted by atomic mass is 9.87. The molecule has 1 heterocycles. The van der Waals surface area contributed by atoms with E-state index in [1.807, 2.05) is 29.2 Å². The highest BCUT2D eigenvalue weighted by Gasteiger charge is 2.38. The second-order valence-corrected chi connectivity index (χ2v) is 8.20. The van der Waals surface area contributed by atoms with Gasteiger partial charge in [0, 0.05) is 25.2 Å². The third-order valence-electron chi connectivity index (χ3n) is 5.23. The van der Waals surface area contributed by atoms with Gasteiger partial charge >= 0.3 is 0 Å². The number of carbonyl (C=O) groups excluding carboxylic acids is 2. The van der Waals surface area contributed by atoms with Gasteiger partial charge in [-0.25, -0.2) is 0 Å². The number of hydrogen-bond acceptors (Lipinski definition) is 3. The lowest BCUT2D eigenvalue weighted by Gasteiger charge is -2.38. The first-order valence-electron chi connectivity index (χ1n) is 9.69. The molecule has 0 aliphatic carbocycles. The summed E-state index contributed by atoms with van der Waals surface area (Å²) >= 11 is 0. The van der Waals surface area contributed by atoms with Gasteiger partial charge in [-0.2, -0.15) is 0 Å². The number of benzene rings is 1. The lowest BCUT2D eigenvalue weighted by Crippen LogP contribution is -2.58. The van der Waals surface area contributed by atoms with E-state index in [1.54, 1.807) is 0 Å². The Kier molecular flexibility index (Phi) is 6.81. The molecule has 1 fully saturated rings. The lowest BCUT2D eigenvalue weighted by molar-refractivity contribution is -0.135. The SMILES string of the molecule is CC(C)CCC(=O)N1CCC(N)(C(=O)Nc2ccc(C(C)C)cc2)CC1. The summed E-state index contributed by atoms with van der Waals surface area (Å²) < 4.78 is 0. The molecule has 26 heavy (non-hydrogen) atoms. The van der Waals surface area contributed by atoms with Gasteiger partial charge in [-0.3, -0.25) is 9.59 Å². The van der Waals surface area contributed by atoms with Crippen molar-refractivity contribution in [1.29, 1.82) is 0 Å². The minimum absolute atomic E-state index is 0.163. The standard InChI is InChI=1S/C21H33N3O2/c1-15(2)5-10-19(25)24-13-11-21(22,12-14-24)20(26)23-18-8-6-17(7-9-18)16(3)4/h6-9,15-16H,5,10-14,22H2,1-4H3,(H,23,26). The molecule has 5 heteroatoms. The molecule has 0 unspecified atom stereocenters. The van der Waals surface area contributed by atoms with Gasteiger partial charge in [-0.1, -0.05) is 39.8 Å². The maximum absolute atomic E-state index is 12.7. The molecule has 2 amide bonds. The second kappa shape index (κ2) is 8.67. The Morgan fingerprint density at radius 3 is 2.19 bits per heavy atom. The molecule has 0 radical (unpaired) electrons. The van der Waals surface area contributed by atoms with Crippen LogP contribution in [0.5, 0.6) is 0 Å². The van der Waals surface area contributed by atoms with Crippen molar-refractivity contribution in [2.24, 2.45) is 11.7 Å². The Labute approximate surface area is 157 Å². The van der Waals surface area contributed by atoms with Crippen molar-refractivity contribution in [2.75, 3.05) is 18.4 Å². The highest BCUT2D eigenvalue weighted by molar-refractivity contribution is 5.98. The summed E-state index contributed by atoms with van der Waals surface area (Å²) in [6, 6.07) is 7.89. The highest BCUT2D eigenvalue weighted by atomic mass is 16.2. The first-order valence-corrected chi connectivity index (χ1v) is 9.69. The van der Waals surface area contributed by atoms with Crippen LogP contribution in [0.4, 0.5) is 5.69 Å². The molecular weight excluding hydrogens is 326 g/mol. The number of rotatable bonds is 6. The van der Waals surface area contributed by atoms with Gasteiger partial charge in [0.15, 0.2) is 0 Å². The van der Waals surface area contributed by atoms with Crippen LogP contribution in [0.1, 0.15) is 64.9 Å². The predicted octanol–water partition coefficient (Wildman–Crippen LogP) is 3.50. The van der Waals surface area contributed by atoms with E-state index in [0.717, 1.165) is 12.1 Å². The summed E-state index contributed by atoms with van der Waals surface area (Å²) in [6.07, 6.45) is 2.46. The second-order valence-electron chi connectivity index (χ2n) is 8.20. The number of piperidine rings is 1. The average molecular weight is 360 g/mol. The minimum atomic E-state index is -0.911. The van der Waals surface area contributed by atoms with Gasteiger partial charge < -0.3 is 16.0 Å². The zero-order chi connectivity index (χ0) is 19.3. The summed E-state index contributed by atoms with van der Waals surface area (Å²) in [5, 5.41) is 2.94. The predicted molar refractivity (Wildman–Crippen MR) is 106 cm³/mol. The van der Waals surface area contributed by atoms with E-state index in [1.165, 1.54) is 5.56 Å². The third kappa shape index (κ3) is 5.31. The molecule has 1 saturated heterocycles. The van der Waals surface area contributed by atoms with Crippen LogP contribution in [0.3, 0.4) is 0 Å². The van der Waals surface area contributed by atoms with E-state index < -0.39 is 5.54 Å². The molecule has 5 nitrogen and oxygen atoms in total. The number of anilines is 1. The Bertz CT molecular complexity index is 615. The molecule has 144 valence electrons. The van der Waals surface area contributed by atoms with Gasteiger partial charge in [0.1, 0.15) is 0 Å². The van der Waals surface area contributed by atoms with Gasteiger partial charge in [0.2, 0.25) is 11.8 Å². The van der Waals surface area contributed by atoms with Gasteiger partial charge in [0.05, 0.1) is 5.54 Å². The zero-order valence-corrected chi connectivity index (χ0v) is 16.5. The van der Waals surface area contributed by atoms with Crippen molar-refractivity contribution < 1.29 is 9.59 Å². The van der Waals surface area contributed by atoms with Crippen molar-refractivity contribution in [1.82, 2.24) is 4.90 Å². The molecule has 1 aromatic rings. The van der Waals surface area contributed by atoms with Crippen molar-refractivity contribution in [3.05, 3.63) is 29.8 Å². The Morgan fingerprint density at radius 1 is 1.12 bits per heavy atom. The molecule has 0 saturated carbocycles. The number of likely N-dealkylation sites (tertiary alicyclic amines) is 1. The number of nitrogens with one attached hydrogen (secondary N) is 1. The molecule has 1 aliphatic heterocycles. The highest BCUT2D eigenvalue weighted by Crippen LogP contribution is 2.24. The number of nitrogens with zero attached hydrogens (tertiary/aromatic N) is 1. The Balaban J connectivity index is 1.89. The maximum atomic E-state index is 12.7. The van der Waals surface area contributed by atoms with Crippen molar-refractivity contribution >= 4 is 17.5 Å². The van der Waals surface area contributed by atoms with Crippen LogP contribution in [0.2, 0.25) is 0 Å². The van der Waals surface area contributed by atoms with Crippen molar-refractivity contribution in [3.63, 3.8) is 0 Å². The first-order chi connectivity index (χ1) is 12.2. The average Bonchev–Trinajstić information content (AvgIpc) is 2.60. The number of carbonyl (C=O) groups is 2. The molecule has 1 aromatic carbocycles. The van der Waals surface area contributed by atoms with E-state index >= 15 is 0 Å². The normalized spacial score (nSPS) is 16.8. The zero-order valence-electron chi connectivity index (χ0n) is 16.5. The van der Waals surface area contributed by atoms with E-state index in [4.69, 9.17) is 5.73 Å². The van der Waals surface area contributed by atoms with Crippen LogP contribution in [0.15, 0.2) is 24.3 Å². The quantitative estimate of drug-likeness (QED) is 0.816. The van der Waals surface area contributed by atoms with E-state index in [0.29, 0.717) is 44.2 Å². The minimum Gasteiger partial charge on any atom is -0.343 e. The number of hydrogen-bond donors (Lipinski definition) is 2. The molecule has 0 spiro atoms. The molecule has 0 bridgehead atoms. The fraction of sp³-hybridized carbons (Fsp3) is 0.619. The van der Waals surface area contributed by atoms with Gasteiger partial charge in [-0.05, 0) is 48.8 Å². The van der Waals surface area contributed by atoms with Crippen LogP contribution in [-0.2, 0) is 9.59 Å². The summed E-state index contributed by atoms with van der Waals surface area (Å²) in [5.74, 6) is 0.984. The maximum Gasteiger partial charge on any atom is 0.244 e. The third-order valence-corrected chi connectivity index (χ3v) is 5.23. The van der Waals surface area contributed by atoms with Crippen LogP contribution in [-0.4, -0.2) is 35.3 Å². The summed E-state index contributed by atoms with van der Waals surface area (Å²) in [7, 11) is 0. The summed E-state index contributed by atoms with van der Waals surface area (Å²) in [4.78, 5) is 26.8. The van der Waals surface area contributed by atoms with Crippen molar-refractivity contribution in [3.8, 4) is 0 Å². The Hall–Kier alpha value is -1.88.